The number of nitrogens with two attached hydrogens (primary N) is 1. The van der Waals surface area contributed by atoms with Gasteiger partial charge in [-0.3, -0.25) is 4.79 Å². The predicted octanol–water partition coefficient (Wildman–Crippen LogP) is 1.98. The van der Waals surface area contributed by atoms with E-state index in [1.165, 1.54) is 0 Å². The number of amides is 1. The molecule has 0 spiro atoms. The molecule has 0 aliphatic carbocycles. The lowest BCUT2D eigenvalue weighted by Gasteiger charge is -2.09. The predicted molar refractivity (Wildman–Crippen MR) is 66.2 cm³/mol. The summed E-state index contributed by atoms with van der Waals surface area (Å²) in [4.78, 5) is 11.1. The fraction of sp³-hybridized carbons (Fsp3) is 0.462. The van der Waals surface area contributed by atoms with Crippen LogP contribution in [0.3, 0.4) is 0 Å². The van der Waals surface area contributed by atoms with Crippen molar-refractivity contribution in [3.05, 3.63) is 29.8 Å². The molecule has 0 radical (unpaired) electrons. The van der Waals surface area contributed by atoms with Gasteiger partial charge >= 0.3 is 0 Å². The van der Waals surface area contributed by atoms with Crippen molar-refractivity contribution in [2.24, 2.45) is 5.73 Å². The summed E-state index contributed by atoms with van der Waals surface area (Å²) in [5.74, 6) is 0.0339. The van der Waals surface area contributed by atoms with Crippen LogP contribution < -0.4 is 10.5 Å². The maximum absolute atomic E-state index is 11.1. The van der Waals surface area contributed by atoms with Crippen LogP contribution in [0.2, 0.25) is 0 Å². The van der Waals surface area contributed by atoms with Crippen LogP contribution in [0.15, 0.2) is 24.3 Å². The first kappa shape index (κ1) is 13.5. The van der Waals surface area contributed by atoms with E-state index in [2.05, 4.69) is 6.92 Å². The molecule has 0 fully saturated rings. The van der Waals surface area contributed by atoms with Gasteiger partial charge in [0.1, 0.15) is 12.4 Å². The summed E-state index contributed by atoms with van der Waals surface area (Å²) in [5, 5.41) is 0. The molecule has 1 rings (SSSR count). The molecule has 4 nitrogen and oxygen atoms in total. The topological polar surface area (TPSA) is 61.6 Å². The summed E-state index contributed by atoms with van der Waals surface area (Å²) in [6.45, 7) is 3.81. The number of primary amides is 1. The summed E-state index contributed by atoms with van der Waals surface area (Å²) in [7, 11) is 0. The normalized spacial score (nSPS) is 10.2. The zero-order chi connectivity index (χ0) is 12.5. The van der Waals surface area contributed by atoms with Gasteiger partial charge in [0.15, 0.2) is 0 Å². The van der Waals surface area contributed by atoms with E-state index in [-0.39, 0.29) is 0 Å². The minimum Gasteiger partial charge on any atom is -0.490 e. The lowest BCUT2D eigenvalue weighted by molar-refractivity contribution is 0.0943. The molecule has 0 saturated heterocycles. The molecule has 0 aliphatic rings. The third-order valence-corrected chi connectivity index (χ3v) is 2.28. The maximum atomic E-state index is 11.1. The Hall–Kier alpha value is -1.55. The second-order valence-corrected chi connectivity index (χ2v) is 3.67. The first-order valence-corrected chi connectivity index (χ1v) is 5.85. The quantitative estimate of drug-likeness (QED) is 0.703. The molecule has 0 bridgehead atoms. The Kier molecular flexibility index (Phi) is 6.10. The maximum Gasteiger partial charge on any atom is 0.252 e. The average molecular weight is 237 g/mol. The Bertz CT molecular complexity index is 352. The van der Waals surface area contributed by atoms with Crippen LogP contribution in [0.5, 0.6) is 5.75 Å². The summed E-state index contributed by atoms with van der Waals surface area (Å²) in [6.07, 6.45) is 2.17. The van der Waals surface area contributed by atoms with Crippen molar-refractivity contribution < 1.29 is 14.3 Å². The Balaban J connectivity index is 2.34. The van der Waals surface area contributed by atoms with Gasteiger partial charge in [-0.05, 0) is 18.6 Å². The highest BCUT2D eigenvalue weighted by Crippen LogP contribution is 2.16. The lowest BCUT2D eigenvalue weighted by Crippen LogP contribution is -2.14. The second kappa shape index (κ2) is 7.68. The number of hydrogen-bond acceptors (Lipinski definition) is 3. The smallest absolute Gasteiger partial charge is 0.252 e. The molecule has 4 heteroatoms. The standard InChI is InChI=1S/C13H19NO3/c1-2-3-8-16-9-10-17-12-7-5-4-6-11(12)13(14)15/h4-7H,2-3,8-10H2,1H3,(H2,14,15). The number of benzene rings is 1. The summed E-state index contributed by atoms with van der Waals surface area (Å²) in [5.41, 5.74) is 5.64. The van der Waals surface area contributed by atoms with Gasteiger partial charge in [0, 0.05) is 6.61 Å². The monoisotopic (exact) mass is 237 g/mol. The lowest BCUT2D eigenvalue weighted by atomic mass is 10.2. The second-order valence-electron chi connectivity index (χ2n) is 3.67. The van der Waals surface area contributed by atoms with E-state index >= 15 is 0 Å². The number of para-hydroxylation sites is 1. The van der Waals surface area contributed by atoms with Crippen LogP contribution in [0.1, 0.15) is 30.1 Å². The highest BCUT2D eigenvalue weighted by Gasteiger charge is 2.07. The number of unbranched alkanes of at least 4 members (excludes halogenated alkanes) is 1. The van der Waals surface area contributed by atoms with E-state index in [9.17, 15) is 4.79 Å². The minimum atomic E-state index is -0.479. The number of carbonyl (C=O) groups excluding carboxylic acids is 1. The zero-order valence-corrected chi connectivity index (χ0v) is 10.1. The number of hydrogen-bond donors (Lipinski definition) is 1. The Labute approximate surface area is 102 Å². The Morgan fingerprint density at radius 1 is 1.24 bits per heavy atom. The van der Waals surface area contributed by atoms with Gasteiger partial charge in [0.25, 0.3) is 5.91 Å². The minimum absolute atomic E-state index is 0.404. The van der Waals surface area contributed by atoms with E-state index in [0.717, 1.165) is 19.4 Å². The molecular formula is C13H19NO3. The number of carbonyl (C=O) groups is 1. The fourth-order valence-corrected chi connectivity index (χ4v) is 1.36. The van der Waals surface area contributed by atoms with Crippen molar-refractivity contribution in [1.82, 2.24) is 0 Å². The Morgan fingerprint density at radius 2 is 2.00 bits per heavy atom. The summed E-state index contributed by atoms with van der Waals surface area (Å²) in [6, 6.07) is 6.94. The van der Waals surface area contributed by atoms with Gasteiger partial charge in [-0.15, -0.1) is 0 Å². The van der Waals surface area contributed by atoms with Crippen LogP contribution in [0, 0.1) is 0 Å². The molecule has 0 aliphatic heterocycles. The van der Waals surface area contributed by atoms with E-state index in [0.29, 0.717) is 24.5 Å². The molecule has 17 heavy (non-hydrogen) atoms. The van der Waals surface area contributed by atoms with Crippen molar-refractivity contribution in [1.29, 1.82) is 0 Å². The number of ether oxygens (including phenoxy) is 2. The molecule has 0 heterocycles. The SMILES string of the molecule is CCCCOCCOc1ccccc1C(N)=O. The molecule has 0 saturated carbocycles. The molecule has 94 valence electrons. The highest BCUT2D eigenvalue weighted by molar-refractivity contribution is 5.95. The van der Waals surface area contributed by atoms with Crippen LogP contribution >= 0.6 is 0 Å². The number of rotatable bonds is 8. The van der Waals surface area contributed by atoms with Crippen LogP contribution in [-0.2, 0) is 4.74 Å². The van der Waals surface area contributed by atoms with Crippen LogP contribution in [0.25, 0.3) is 0 Å². The molecule has 1 aromatic rings. The molecule has 1 amide bonds. The van der Waals surface area contributed by atoms with Gasteiger partial charge < -0.3 is 15.2 Å². The molecule has 0 unspecified atom stereocenters. The molecule has 1 aromatic carbocycles. The van der Waals surface area contributed by atoms with Crippen LogP contribution in [0.4, 0.5) is 0 Å². The van der Waals surface area contributed by atoms with E-state index in [4.69, 9.17) is 15.2 Å². The van der Waals surface area contributed by atoms with Gasteiger partial charge in [-0.25, -0.2) is 0 Å². The molecule has 2 N–H and O–H groups in total. The van der Waals surface area contributed by atoms with Gasteiger partial charge in [0.2, 0.25) is 0 Å². The van der Waals surface area contributed by atoms with Crippen LogP contribution in [-0.4, -0.2) is 25.7 Å². The van der Waals surface area contributed by atoms with E-state index in [1.807, 2.05) is 0 Å². The molecule has 0 atom stereocenters. The van der Waals surface area contributed by atoms with Gasteiger partial charge in [0.05, 0.1) is 12.2 Å². The first-order valence-electron chi connectivity index (χ1n) is 5.85. The third kappa shape index (κ3) is 4.87. The largest absolute Gasteiger partial charge is 0.490 e. The molecule has 0 aromatic heterocycles. The van der Waals surface area contributed by atoms with Crippen molar-refractivity contribution in [2.45, 2.75) is 19.8 Å². The average Bonchev–Trinajstić information content (AvgIpc) is 2.34. The molecular weight excluding hydrogens is 218 g/mol. The van der Waals surface area contributed by atoms with Crippen molar-refractivity contribution in [2.75, 3.05) is 19.8 Å². The van der Waals surface area contributed by atoms with Gasteiger partial charge in [-0.1, -0.05) is 25.5 Å². The van der Waals surface area contributed by atoms with Gasteiger partial charge in [-0.2, -0.15) is 0 Å². The summed E-state index contributed by atoms with van der Waals surface area (Å²) < 4.78 is 10.8. The Morgan fingerprint density at radius 3 is 2.71 bits per heavy atom. The van der Waals surface area contributed by atoms with E-state index < -0.39 is 5.91 Å². The van der Waals surface area contributed by atoms with Crippen molar-refractivity contribution in [3.8, 4) is 5.75 Å². The summed E-state index contributed by atoms with van der Waals surface area (Å²) >= 11 is 0. The van der Waals surface area contributed by atoms with Crippen molar-refractivity contribution >= 4 is 5.91 Å². The zero-order valence-electron chi connectivity index (χ0n) is 10.1. The van der Waals surface area contributed by atoms with Crippen molar-refractivity contribution in [3.63, 3.8) is 0 Å². The third-order valence-electron chi connectivity index (χ3n) is 2.28. The fourth-order valence-electron chi connectivity index (χ4n) is 1.36. The highest BCUT2D eigenvalue weighted by atomic mass is 16.5. The first-order chi connectivity index (χ1) is 8.25. The van der Waals surface area contributed by atoms with E-state index in [1.54, 1.807) is 24.3 Å².